The highest BCUT2D eigenvalue weighted by Crippen LogP contribution is 2.33. The lowest BCUT2D eigenvalue weighted by Gasteiger charge is -2.23. The van der Waals surface area contributed by atoms with Gasteiger partial charge in [-0.25, -0.2) is 4.79 Å². The summed E-state index contributed by atoms with van der Waals surface area (Å²) in [5.74, 6) is 2.26. The Morgan fingerprint density at radius 2 is 2.13 bits per heavy atom. The van der Waals surface area contributed by atoms with Gasteiger partial charge < -0.3 is 24.2 Å². The zero-order chi connectivity index (χ0) is 20.9. The van der Waals surface area contributed by atoms with Gasteiger partial charge in [-0.3, -0.25) is 0 Å². The Morgan fingerprint density at radius 3 is 2.97 bits per heavy atom. The van der Waals surface area contributed by atoms with Gasteiger partial charge in [0.2, 0.25) is 11.7 Å². The number of hydrogen-bond donors (Lipinski definition) is 1. The Bertz CT molecular complexity index is 1020. The molecule has 0 spiro atoms. The van der Waals surface area contributed by atoms with Gasteiger partial charge in [0.05, 0.1) is 19.4 Å². The predicted octanol–water partition coefficient (Wildman–Crippen LogP) is 4.51. The van der Waals surface area contributed by atoms with Gasteiger partial charge in [-0.2, -0.15) is 4.98 Å². The third-order valence-electron chi connectivity index (χ3n) is 5.00. The first-order valence-electron chi connectivity index (χ1n) is 9.97. The standard InChI is InChI=1S/C22H24N4O4/c1-3-29-19-12-5-4-10-17(19)23-22(27)26-13-7-11-18(26)21-24-20(25-30-21)15-8-6-9-16(14-15)28-2/h4-6,8-10,12,14,18H,3,7,11,13H2,1-2H3,(H,23,27). The number of nitrogens with zero attached hydrogens (tertiary/aromatic N) is 3. The van der Waals surface area contributed by atoms with Gasteiger partial charge in [0.15, 0.2) is 0 Å². The molecule has 0 aliphatic carbocycles. The van der Waals surface area contributed by atoms with Crippen LogP contribution in [0.3, 0.4) is 0 Å². The normalized spacial score (nSPS) is 15.8. The Kier molecular flexibility index (Phi) is 5.83. The number of carbonyl (C=O) groups excluding carboxylic acids is 1. The van der Waals surface area contributed by atoms with Gasteiger partial charge >= 0.3 is 6.03 Å². The Balaban J connectivity index is 1.51. The molecule has 1 saturated heterocycles. The number of rotatable bonds is 6. The Hall–Kier alpha value is -3.55. The van der Waals surface area contributed by atoms with Crippen molar-refractivity contribution in [3.63, 3.8) is 0 Å². The molecule has 30 heavy (non-hydrogen) atoms. The first-order valence-corrected chi connectivity index (χ1v) is 9.97. The number of anilines is 1. The van der Waals surface area contributed by atoms with Crippen LogP contribution in [0.1, 0.15) is 31.7 Å². The Morgan fingerprint density at radius 1 is 1.27 bits per heavy atom. The van der Waals surface area contributed by atoms with E-state index in [1.807, 2.05) is 55.5 Å². The average molecular weight is 408 g/mol. The summed E-state index contributed by atoms with van der Waals surface area (Å²) in [4.78, 5) is 19.2. The highest BCUT2D eigenvalue weighted by atomic mass is 16.5. The average Bonchev–Trinajstić information content (AvgIpc) is 3.45. The second-order valence-electron chi connectivity index (χ2n) is 6.90. The van der Waals surface area contributed by atoms with Gasteiger partial charge in [0, 0.05) is 12.1 Å². The van der Waals surface area contributed by atoms with E-state index in [4.69, 9.17) is 14.0 Å². The van der Waals surface area contributed by atoms with Gasteiger partial charge in [0.25, 0.3) is 0 Å². The van der Waals surface area contributed by atoms with Crippen molar-refractivity contribution in [3.05, 3.63) is 54.4 Å². The lowest BCUT2D eigenvalue weighted by molar-refractivity contribution is 0.193. The monoisotopic (exact) mass is 408 g/mol. The number of ether oxygens (including phenoxy) is 2. The van der Waals surface area contributed by atoms with Crippen LogP contribution in [-0.4, -0.2) is 41.3 Å². The summed E-state index contributed by atoms with van der Waals surface area (Å²) in [5, 5.41) is 7.05. The van der Waals surface area contributed by atoms with E-state index in [1.54, 1.807) is 12.0 Å². The molecule has 8 nitrogen and oxygen atoms in total. The number of amides is 2. The summed E-state index contributed by atoms with van der Waals surface area (Å²) in [5.41, 5.74) is 1.43. The number of aromatic nitrogens is 2. The van der Waals surface area contributed by atoms with E-state index in [2.05, 4.69) is 15.5 Å². The smallest absolute Gasteiger partial charge is 0.322 e. The number of methoxy groups -OCH3 is 1. The maximum atomic E-state index is 13.0. The predicted molar refractivity (Wildman–Crippen MR) is 112 cm³/mol. The molecule has 1 N–H and O–H groups in total. The minimum absolute atomic E-state index is 0.217. The summed E-state index contributed by atoms with van der Waals surface area (Å²) in [6, 6.07) is 14.4. The summed E-state index contributed by atoms with van der Waals surface area (Å²) in [7, 11) is 1.61. The van der Waals surface area contributed by atoms with Crippen LogP contribution in [0, 0.1) is 0 Å². The molecule has 1 unspecified atom stereocenters. The lowest BCUT2D eigenvalue weighted by atomic mass is 10.2. The third kappa shape index (κ3) is 4.07. The van der Waals surface area contributed by atoms with Gasteiger partial charge in [-0.15, -0.1) is 0 Å². The molecule has 2 heterocycles. The van der Waals surface area contributed by atoms with E-state index in [0.29, 0.717) is 42.1 Å². The molecule has 2 amide bonds. The minimum atomic E-state index is -0.267. The SMILES string of the molecule is CCOc1ccccc1NC(=O)N1CCCC1c1nc(-c2cccc(OC)c2)no1. The fraction of sp³-hybridized carbons (Fsp3) is 0.318. The fourth-order valence-corrected chi connectivity index (χ4v) is 3.55. The molecule has 0 bridgehead atoms. The van der Waals surface area contributed by atoms with Crippen LogP contribution < -0.4 is 14.8 Å². The molecule has 8 heteroatoms. The van der Waals surface area contributed by atoms with Gasteiger partial charge in [-0.1, -0.05) is 29.4 Å². The minimum Gasteiger partial charge on any atom is -0.497 e. The lowest BCUT2D eigenvalue weighted by Crippen LogP contribution is -2.34. The number of benzene rings is 2. The Labute approximate surface area is 174 Å². The zero-order valence-electron chi connectivity index (χ0n) is 17.0. The highest BCUT2D eigenvalue weighted by Gasteiger charge is 2.34. The highest BCUT2D eigenvalue weighted by molar-refractivity contribution is 5.91. The molecule has 0 radical (unpaired) electrons. The number of nitrogens with one attached hydrogen (secondary N) is 1. The molecule has 3 aromatic rings. The molecule has 1 aliphatic rings. The molecular weight excluding hydrogens is 384 g/mol. The van der Waals surface area contributed by atoms with E-state index in [9.17, 15) is 4.79 Å². The van der Waals surface area contributed by atoms with Gasteiger partial charge in [-0.05, 0) is 44.0 Å². The molecular formula is C22H24N4O4. The van der Waals surface area contributed by atoms with E-state index in [-0.39, 0.29) is 12.1 Å². The van der Waals surface area contributed by atoms with Gasteiger partial charge in [0.1, 0.15) is 17.5 Å². The van der Waals surface area contributed by atoms with E-state index >= 15 is 0 Å². The third-order valence-corrected chi connectivity index (χ3v) is 5.00. The summed E-state index contributed by atoms with van der Waals surface area (Å²) < 4.78 is 16.4. The van der Waals surface area contributed by atoms with Crippen LogP contribution in [-0.2, 0) is 0 Å². The van der Waals surface area contributed by atoms with E-state index < -0.39 is 0 Å². The molecule has 4 rings (SSSR count). The zero-order valence-corrected chi connectivity index (χ0v) is 17.0. The van der Waals surface area contributed by atoms with Crippen molar-refractivity contribution in [2.75, 3.05) is 25.6 Å². The molecule has 1 atom stereocenters. The number of hydrogen-bond acceptors (Lipinski definition) is 6. The first-order chi connectivity index (χ1) is 14.7. The number of likely N-dealkylation sites (tertiary alicyclic amines) is 1. The van der Waals surface area contributed by atoms with Crippen LogP contribution in [0.25, 0.3) is 11.4 Å². The second kappa shape index (κ2) is 8.86. The van der Waals surface area contributed by atoms with Crippen molar-refractivity contribution in [2.24, 2.45) is 0 Å². The van der Waals surface area contributed by atoms with Crippen LogP contribution in [0.4, 0.5) is 10.5 Å². The fourth-order valence-electron chi connectivity index (χ4n) is 3.55. The van der Waals surface area contributed by atoms with Crippen molar-refractivity contribution >= 4 is 11.7 Å². The van der Waals surface area contributed by atoms with Crippen molar-refractivity contribution in [2.45, 2.75) is 25.8 Å². The summed E-state index contributed by atoms with van der Waals surface area (Å²) in [6.07, 6.45) is 1.63. The van der Waals surface area contributed by atoms with Crippen LogP contribution in [0.2, 0.25) is 0 Å². The topological polar surface area (TPSA) is 89.7 Å². The van der Waals surface area contributed by atoms with E-state index in [0.717, 1.165) is 18.4 Å². The van der Waals surface area contributed by atoms with Crippen LogP contribution in [0.15, 0.2) is 53.1 Å². The largest absolute Gasteiger partial charge is 0.497 e. The maximum Gasteiger partial charge on any atom is 0.322 e. The number of urea groups is 1. The molecule has 0 saturated carbocycles. The molecule has 156 valence electrons. The first kappa shape index (κ1) is 19.8. The maximum absolute atomic E-state index is 13.0. The summed E-state index contributed by atoms with van der Waals surface area (Å²) >= 11 is 0. The van der Waals surface area contributed by atoms with Crippen molar-refractivity contribution in [1.82, 2.24) is 15.0 Å². The summed E-state index contributed by atoms with van der Waals surface area (Å²) in [6.45, 7) is 3.04. The van der Waals surface area contributed by atoms with Crippen molar-refractivity contribution in [3.8, 4) is 22.9 Å². The second-order valence-corrected chi connectivity index (χ2v) is 6.90. The molecule has 1 fully saturated rings. The number of para-hydroxylation sites is 2. The molecule has 2 aromatic carbocycles. The quantitative estimate of drug-likeness (QED) is 0.645. The van der Waals surface area contributed by atoms with Crippen molar-refractivity contribution < 1.29 is 18.8 Å². The van der Waals surface area contributed by atoms with Crippen LogP contribution >= 0.6 is 0 Å². The molecule has 1 aliphatic heterocycles. The van der Waals surface area contributed by atoms with Crippen molar-refractivity contribution in [1.29, 1.82) is 0 Å². The molecule has 1 aromatic heterocycles. The number of carbonyl (C=O) groups is 1. The van der Waals surface area contributed by atoms with E-state index in [1.165, 1.54) is 0 Å². The van der Waals surface area contributed by atoms with Crippen LogP contribution in [0.5, 0.6) is 11.5 Å².